The highest BCUT2D eigenvalue weighted by Crippen LogP contribution is 2.26. The maximum absolute atomic E-state index is 14.1. The Morgan fingerprint density at radius 2 is 1.94 bits per heavy atom. The first kappa shape index (κ1) is 23.2. The number of methoxy groups -OCH3 is 1. The standard InChI is InChI=1S/C22H20ClFN2O6/c1-31-20-11-19(32-26-20)21(28)25-15(10-18(27)22(29)30)8-12-2-4-13(5-3-12)16-9-14(23)6-7-17(16)24/h2-7,9,11,15,18,27H,8,10H2,1H3,(H,25,28)(H,29,30)/t15-,18-/m1/s1. The van der Waals surface area contributed by atoms with E-state index in [1.165, 1.54) is 31.4 Å². The molecule has 3 aromatic rings. The second-order valence-electron chi connectivity index (χ2n) is 7.02. The summed E-state index contributed by atoms with van der Waals surface area (Å²) in [5.41, 5.74) is 1.68. The highest BCUT2D eigenvalue weighted by Gasteiger charge is 2.24. The SMILES string of the molecule is COc1cc(C(=O)N[C@H](Cc2ccc(-c3cc(Cl)ccc3F)cc2)C[C@@H](O)C(=O)O)on1. The van der Waals surface area contributed by atoms with Crippen LogP contribution < -0.4 is 10.1 Å². The van der Waals surface area contributed by atoms with E-state index in [1.807, 2.05) is 0 Å². The first-order valence-electron chi connectivity index (χ1n) is 9.53. The molecule has 0 radical (unpaired) electrons. The van der Waals surface area contributed by atoms with Crippen LogP contribution in [-0.2, 0) is 11.2 Å². The van der Waals surface area contributed by atoms with Gasteiger partial charge in [0, 0.05) is 23.0 Å². The van der Waals surface area contributed by atoms with Crippen molar-refractivity contribution in [1.29, 1.82) is 0 Å². The lowest BCUT2D eigenvalue weighted by Gasteiger charge is -2.20. The Kier molecular flexibility index (Phi) is 7.45. The van der Waals surface area contributed by atoms with Crippen LogP contribution in [-0.4, -0.2) is 46.5 Å². The van der Waals surface area contributed by atoms with Crippen molar-refractivity contribution in [2.75, 3.05) is 7.11 Å². The lowest BCUT2D eigenvalue weighted by atomic mass is 9.97. The van der Waals surface area contributed by atoms with Crippen molar-refractivity contribution in [2.24, 2.45) is 0 Å². The molecule has 2 aromatic carbocycles. The van der Waals surface area contributed by atoms with E-state index in [0.717, 1.165) is 5.56 Å². The summed E-state index contributed by atoms with van der Waals surface area (Å²) >= 11 is 5.95. The molecule has 0 fully saturated rings. The van der Waals surface area contributed by atoms with Crippen LogP contribution in [0.3, 0.4) is 0 Å². The number of rotatable bonds is 9. The number of carbonyl (C=O) groups excluding carboxylic acids is 1. The molecule has 10 heteroatoms. The molecule has 0 spiro atoms. The molecular formula is C22H20ClFN2O6. The smallest absolute Gasteiger partial charge is 0.332 e. The van der Waals surface area contributed by atoms with E-state index in [-0.39, 0.29) is 24.5 Å². The Hall–Kier alpha value is -3.43. The Morgan fingerprint density at radius 1 is 1.22 bits per heavy atom. The van der Waals surface area contributed by atoms with Crippen LogP contribution in [0.1, 0.15) is 22.5 Å². The molecule has 2 atom stereocenters. The number of carboxylic acid groups (broad SMARTS) is 1. The zero-order chi connectivity index (χ0) is 23.3. The minimum atomic E-state index is -1.68. The Labute approximate surface area is 187 Å². The number of hydrogen-bond donors (Lipinski definition) is 3. The van der Waals surface area contributed by atoms with Crippen LogP contribution in [0.4, 0.5) is 4.39 Å². The number of benzene rings is 2. The third kappa shape index (κ3) is 5.83. The van der Waals surface area contributed by atoms with E-state index in [0.29, 0.717) is 16.1 Å². The lowest BCUT2D eigenvalue weighted by molar-refractivity contribution is -0.147. The maximum atomic E-state index is 14.1. The molecule has 8 nitrogen and oxygen atoms in total. The van der Waals surface area contributed by atoms with Gasteiger partial charge < -0.3 is 24.8 Å². The zero-order valence-corrected chi connectivity index (χ0v) is 17.7. The van der Waals surface area contributed by atoms with Crippen molar-refractivity contribution < 1.29 is 33.5 Å². The third-order valence-electron chi connectivity index (χ3n) is 4.72. The summed E-state index contributed by atoms with van der Waals surface area (Å²) in [5.74, 6) is -2.47. The van der Waals surface area contributed by atoms with Crippen molar-refractivity contribution >= 4 is 23.5 Å². The van der Waals surface area contributed by atoms with Gasteiger partial charge in [0.05, 0.1) is 13.2 Å². The fourth-order valence-corrected chi connectivity index (χ4v) is 3.28. The van der Waals surface area contributed by atoms with Crippen LogP contribution in [0.5, 0.6) is 5.88 Å². The zero-order valence-electron chi connectivity index (χ0n) is 16.9. The first-order chi connectivity index (χ1) is 15.3. The van der Waals surface area contributed by atoms with Crippen molar-refractivity contribution in [3.05, 3.63) is 70.7 Å². The van der Waals surface area contributed by atoms with Gasteiger partial charge in [-0.25, -0.2) is 9.18 Å². The summed E-state index contributed by atoms with van der Waals surface area (Å²) in [6.07, 6.45) is -1.71. The highest BCUT2D eigenvalue weighted by molar-refractivity contribution is 6.30. The number of hydrogen-bond acceptors (Lipinski definition) is 6. The van der Waals surface area contributed by atoms with Gasteiger partial charge in [-0.2, -0.15) is 0 Å². The average molecular weight is 463 g/mol. The summed E-state index contributed by atoms with van der Waals surface area (Å²) in [5, 5.41) is 25.4. The van der Waals surface area contributed by atoms with Gasteiger partial charge in [-0.15, -0.1) is 0 Å². The molecular weight excluding hydrogens is 443 g/mol. The summed E-state index contributed by atoms with van der Waals surface area (Å²) in [6.45, 7) is 0. The van der Waals surface area contributed by atoms with E-state index in [4.69, 9.17) is 26.0 Å². The van der Waals surface area contributed by atoms with Crippen LogP contribution >= 0.6 is 11.6 Å². The number of amides is 1. The topological polar surface area (TPSA) is 122 Å². The third-order valence-corrected chi connectivity index (χ3v) is 4.96. The predicted octanol–water partition coefficient (Wildman–Crippen LogP) is 3.32. The number of carboxylic acids is 1. The molecule has 32 heavy (non-hydrogen) atoms. The van der Waals surface area contributed by atoms with E-state index >= 15 is 0 Å². The monoisotopic (exact) mass is 462 g/mol. The Morgan fingerprint density at radius 3 is 2.56 bits per heavy atom. The average Bonchev–Trinajstić information content (AvgIpc) is 3.25. The number of nitrogens with zero attached hydrogens (tertiary/aromatic N) is 1. The van der Waals surface area contributed by atoms with Gasteiger partial charge in [-0.1, -0.05) is 35.9 Å². The minimum absolute atomic E-state index is 0.112. The van der Waals surface area contributed by atoms with Gasteiger partial charge in [0.15, 0.2) is 6.10 Å². The number of halogens is 2. The second kappa shape index (κ2) is 10.3. The van der Waals surface area contributed by atoms with Gasteiger partial charge >= 0.3 is 5.97 Å². The molecule has 0 saturated heterocycles. The molecule has 1 amide bonds. The Balaban J connectivity index is 1.77. The first-order valence-corrected chi connectivity index (χ1v) is 9.91. The number of ether oxygens (including phenoxy) is 1. The van der Waals surface area contributed by atoms with Crippen LogP contribution in [0.15, 0.2) is 53.1 Å². The van der Waals surface area contributed by atoms with Crippen molar-refractivity contribution in [2.45, 2.75) is 25.0 Å². The quantitative estimate of drug-likeness (QED) is 0.446. The van der Waals surface area contributed by atoms with Gasteiger partial charge in [0.1, 0.15) is 5.82 Å². The molecule has 0 bridgehead atoms. The van der Waals surface area contributed by atoms with Crippen molar-refractivity contribution in [1.82, 2.24) is 10.5 Å². The molecule has 168 valence electrons. The normalized spacial score (nSPS) is 12.8. The molecule has 3 N–H and O–H groups in total. The molecule has 0 aliphatic heterocycles. The number of nitrogens with one attached hydrogen (secondary N) is 1. The summed E-state index contributed by atoms with van der Waals surface area (Å²) in [4.78, 5) is 23.5. The molecule has 0 aliphatic carbocycles. The summed E-state index contributed by atoms with van der Waals surface area (Å²) < 4.78 is 23.9. The van der Waals surface area contributed by atoms with Gasteiger partial charge in [-0.05, 0) is 40.9 Å². The fourth-order valence-electron chi connectivity index (χ4n) is 3.11. The second-order valence-corrected chi connectivity index (χ2v) is 7.46. The number of aliphatic hydroxyl groups is 1. The van der Waals surface area contributed by atoms with E-state index in [9.17, 15) is 19.1 Å². The lowest BCUT2D eigenvalue weighted by Crippen LogP contribution is -2.40. The van der Waals surface area contributed by atoms with E-state index < -0.39 is 29.8 Å². The van der Waals surface area contributed by atoms with E-state index in [1.54, 1.807) is 24.3 Å². The Bertz CT molecular complexity index is 1100. The fraction of sp³-hybridized carbons (Fsp3) is 0.227. The van der Waals surface area contributed by atoms with Gasteiger partial charge in [0.2, 0.25) is 5.76 Å². The minimum Gasteiger partial charge on any atom is -0.479 e. The number of carbonyl (C=O) groups is 2. The largest absolute Gasteiger partial charge is 0.479 e. The van der Waals surface area contributed by atoms with Crippen LogP contribution in [0, 0.1) is 5.82 Å². The number of aliphatic hydroxyl groups excluding tert-OH is 1. The van der Waals surface area contributed by atoms with Crippen molar-refractivity contribution in [3.8, 4) is 17.0 Å². The molecule has 0 unspecified atom stereocenters. The van der Waals surface area contributed by atoms with E-state index in [2.05, 4.69) is 10.5 Å². The summed E-state index contributed by atoms with van der Waals surface area (Å²) in [7, 11) is 1.37. The van der Waals surface area contributed by atoms with Crippen LogP contribution in [0.2, 0.25) is 5.02 Å². The van der Waals surface area contributed by atoms with Crippen LogP contribution in [0.25, 0.3) is 11.1 Å². The number of aliphatic carboxylic acids is 1. The van der Waals surface area contributed by atoms with Crippen molar-refractivity contribution in [3.63, 3.8) is 0 Å². The predicted molar refractivity (Wildman–Crippen MR) is 113 cm³/mol. The number of aromatic nitrogens is 1. The maximum Gasteiger partial charge on any atom is 0.332 e. The van der Waals surface area contributed by atoms with Gasteiger partial charge in [0.25, 0.3) is 11.8 Å². The molecule has 0 aliphatic rings. The summed E-state index contributed by atoms with van der Waals surface area (Å²) in [6, 6.07) is 11.6. The van der Waals surface area contributed by atoms with Gasteiger partial charge in [-0.3, -0.25) is 4.79 Å². The molecule has 1 aromatic heterocycles. The molecule has 1 heterocycles. The molecule has 0 saturated carbocycles. The highest BCUT2D eigenvalue weighted by atomic mass is 35.5. The molecule has 3 rings (SSSR count).